The van der Waals surface area contributed by atoms with Crippen molar-refractivity contribution in [3.05, 3.63) is 50.8 Å². The molecule has 108 valence electrons. The summed E-state index contributed by atoms with van der Waals surface area (Å²) in [7, 11) is 0. The van der Waals surface area contributed by atoms with Crippen molar-refractivity contribution >= 4 is 27.5 Å². The van der Waals surface area contributed by atoms with Crippen LogP contribution in [0.15, 0.2) is 33.2 Å². The Morgan fingerprint density at radius 2 is 2.15 bits per heavy atom. The minimum absolute atomic E-state index is 0.364. The highest BCUT2D eigenvalue weighted by Gasteiger charge is 2.09. The Morgan fingerprint density at radius 3 is 2.90 bits per heavy atom. The van der Waals surface area contributed by atoms with Crippen molar-refractivity contribution in [1.82, 2.24) is 5.32 Å². The van der Waals surface area contributed by atoms with E-state index in [9.17, 15) is 0 Å². The maximum absolute atomic E-state index is 6.08. The number of hydrogen-bond acceptors (Lipinski definition) is 3. The third kappa shape index (κ3) is 4.01. The zero-order valence-corrected chi connectivity index (χ0v) is 13.8. The molecule has 0 saturated carbocycles. The van der Waals surface area contributed by atoms with Gasteiger partial charge in [0.05, 0.1) is 5.02 Å². The van der Waals surface area contributed by atoms with Crippen LogP contribution in [0.4, 0.5) is 0 Å². The van der Waals surface area contributed by atoms with Crippen LogP contribution in [0.25, 0.3) is 0 Å². The Kier molecular flexibility index (Phi) is 5.52. The van der Waals surface area contributed by atoms with Gasteiger partial charge < -0.3 is 14.5 Å². The zero-order valence-electron chi connectivity index (χ0n) is 11.5. The van der Waals surface area contributed by atoms with Crippen molar-refractivity contribution in [3.63, 3.8) is 0 Å². The summed E-state index contributed by atoms with van der Waals surface area (Å²) in [5, 5.41) is 3.87. The summed E-state index contributed by atoms with van der Waals surface area (Å²) in [5.41, 5.74) is 1.16. The highest BCUT2D eigenvalue weighted by Crippen LogP contribution is 2.29. The number of rotatable bonds is 6. The monoisotopic (exact) mass is 357 g/mol. The molecule has 0 fully saturated rings. The van der Waals surface area contributed by atoms with Crippen LogP contribution in [-0.4, -0.2) is 6.54 Å². The van der Waals surface area contributed by atoms with Crippen LogP contribution < -0.4 is 10.1 Å². The summed E-state index contributed by atoms with van der Waals surface area (Å²) in [6.45, 7) is 6.15. The van der Waals surface area contributed by atoms with Crippen molar-refractivity contribution in [2.75, 3.05) is 6.54 Å². The van der Waals surface area contributed by atoms with Gasteiger partial charge in [0, 0.05) is 16.6 Å². The van der Waals surface area contributed by atoms with Gasteiger partial charge in [0.2, 0.25) is 0 Å². The first-order valence-electron chi connectivity index (χ1n) is 6.47. The van der Waals surface area contributed by atoms with Crippen LogP contribution in [0.1, 0.15) is 24.0 Å². The predicted molar refractivity (Wildman–Crippen MR) is 84.3 cm³/mol. The summed E-state index contributed by atoms with van der Waals surface area (Å²) in [6.07, 6.45) is 0. The molecule has 0 radical (unpaired) electrons. The molecule has 0 unspecified atom stereocenters. The Morgan fingerprint density at radius 1 is 1.35 bits per heavy atom. The molecule has 0 amide bonds. The number of hydrogen-bond donors (Lipinski definition) is 1. The molecule has 1 N–H and O–H groups in total. The van der Waals surface area contributed by atoms with E-state index in [2.05, 4.69) is 28.2 Å². The normalized spacial score (nSPS) is 10.8. The first-order chi connectivity index (χ1) is 9.60. The zero-order chi connectivity index (χ0) is 14.5. The van der Waals surface area contributed by atoms with E-state index in [-0.39, 0.29) is 0 Å². The molecular weight excluding hydrogens is 342 g/mol. The molecule has 2 rings (SSSR count). The fourth-order valence-electron chi connectivity index (χ4n) is 1.83. The minimum atomic E-state index is 0.364. The quantitative estimate of drug-likeness (QED) is 0.813. The van der Waals surface area contributed by atoms with Crippen molar-refractivity contribution in [2.24, 2.45) is 0 Å². The van der Waals surface area contributed by atoms with Crippen LogP contribution in [-0.2, 0) is 13.2 Å². The molecule has 3 nitrogen and oxygen atoms in total. The molecule has 1 aromatic carbocycles. The van der Waals surface area contributed by atoms with Gasteiger partial charge in [0.25, 0.3) is 0 Å². The molecule has 0 aliphatic carbocycles. The fourth-order valence-corrected chi connectivity index (χ4v) is 2.34. The summed E-state index contributed by atoms with van der Waals surface area (Å²) in [6, 6.07) is 7.53. The third-order valence-electron chi connectivity index (χ3n) is 2.90. The van der Waals surface area contributed by atoms with Gasteiger partial charge >= 0.3 is 0 Å². The molecule has 0 bridgehead atoms. The lowest BCUT2D eigenvalue weighted by Crippen LogP contribution is -2.11. The summed E-state index contributed by atoms with van der Waals surface area (Å²) < 4.78 is 12.3. The molecule has 0 saturated heterocycles. The number of benzene rings is 1. The van der Waals surface area contributed by atoms with Crippen molar-refractivity contribution < 1.29 is 9.15 Å². The molecule has 0 atom stereocenters. The van der Waals surface area contributed by atoms with Gasteiger partial charge in [0.1, 0.15) is 23.9 Å². The third-order valence-corrected chi connectivity index (χ3v) is 3.71. The molecule has 0 aliphatic rings. The lowest BCUT2D eigenvalue weighted by Gasteiger charge is -2.06. The topological polar surface area (TPSA) is 34.4 Å². The van der Waals surface area contributed by atoms with Crippen molar-refractivity contribution in [1.29, 1.82) is 0 Å². The summed E-state index contributed by atoms with van der Waals surface area (Å²) >= 11 is 9.48. The van der Waals surface area contributed by atoms with Crippen molar-refractivity contribution in [3.8, 4) is 5.75 Å². The number of nitrogens with one attached hydrogen (secondary N) is 1. The molecule has 5 heteroatoms. The maximum Gasteiger partial charge on any atom is 0.146 e. The Hall–Kier alpha value is -0.970. The van der Waals surface area contributed by atoms with Crippen LogP contribution in [0, 0.1) is 6.92 Å². The second-order valence-electron chi connectivity index (χ2n) is 4.44. The van der Waals surface area contributed by atoms with Crippen LogP contribution in [0.3, 0.4) is 0 Å². The smallest absolute Gasteiger partial charge is 0.146 e. The van der Waals surface area contributed by atoms with Gasteiger partial charge in [-0.1, -0.05) is 34.5 Å². The predicted octanol–water partition coefficient (Wildman–Crippen LogP) is 4.69. The molecule has 1 aromatic heterocycles. The number of halogens is 2. The van der Waals surface area contributed by atoms with E-state index in [0.29, 0.717) is 17.4 Å². The van der Waals surface area contributed by atoms with E-state index in [1.54, 1.807) is 6.07 Å². The largest absolute Gasteiger partial charge is 0.484 e. The van der Waals surface area contributed by atoms with E-state index in [1.807, 2.05) is 25.1 Å². The number of aryl methyl sites for hydroxylation is 1. The van der Waals surface area contributed by atoms with E-state index in [0.717, 1.165) is 34.6 Å². The van der Waals surface area contributed by atoms with E-state index < -0.39 is 0 Å². The summed E-state index contributed by atoms with van der Waals surface area (Å²) in [4.78, 5) is 0. The van der Waals surface area contributed by atoms with Crippen LogP contribution >= 0.6 is 27.5 Å². The van der Waals surface area contributed by atoms with E-state index >= 15 is 0 Å². The number of furan rings is 1. The first-order valence-corrected chi connectivity index (χ1v) is 7.64. The summed E-state index contributed by atoms with van der Waals surface area (Å²) in [5.74, 6) is 2.36. The van der Waals surface area contributed by atoms with Gasteiger partial charge in [-0.05, 0) is 37.7 Å². The Balaban J connectivity index is 2.02. The molecule has 1 heterocycles. The second-order valence-corrected chi connectivity index (χ2v) is 5.76. The number of ether oxygens (including phenoxy) is 1. The average Bonchev–Trinajstić information content (AvgIpc) is 2.78. The van der Waals surface area contributed by atoms with Crippen molar-refractivity contribution in [2.45, 2.75) is 27.0 Å². The van der Waals surface area contributed by atoms with Crippen LogP contribution in [0.2, 0.25) is 5.02 Å². The fraction of sp³-hybridized carbons (Fsp3) is 0.333. The lowest BCUT2D eigenvalue weighted by molar-refractivity contribution is 0.267. The molecule has 20 heavy (non-hydrogen) atoms. The van der Waals surface area contributed by atoms with Gasteiger partial charge in [0.15, 0.2) is 0 Å². The molecule has 0 aliphatic heterocycles. The molecule has 0 spiro atoms. The standard InChI is InChI=1S/C15H17BrClNO2/c1-3-18-8-11-6-13(20-10(11)2)9-19-15-7-12(16)4-5-14(15)17/h4-7,18H,3,8-9H2,1-2H3. The van der Waals surface area contributed by atoms with Crippen LogP contribution in [0.5, 0.6) is 5.75 Å². The maximum atomic E-state index is 6.08. The van der Waals surface area contributed by atoms with Gasteiger partial charge in [-0.25, -0.2) is 0 Å². The Labute approximate surface area is 132 Å². The average molecular weight is 359 g/mol. The van der Waals surface area contributed by atoms with Gasteiger partial charge in [-0.3, -0.25) is 0 Å². The van der Waals surface area contributed by atoms with Gasteiger partial charge in [-0.15, -0.1) is 0 Å². The molecular formula is C15H17BrClNO2. The van der Waals surface area contributed by atoms with E-state index in [4.69, 9.17) is 20.8 Å². The molecule has 2 aromatic rings. The Bertz CT molecular complexity index is 583. The van der Waals surface area contributed by atoms with Gasteiger partial charge in [-0.2, -0.15) is 0 Å². The lowest BCUT2D eigenvalue weighted by atomic mass is 10.2. The van der Waals surface area contributed by atoms with E-state index in [1.165, 1.54) is 0 Å². The highest BCUT2D eigenvalue weighted by molar-refractivity contribution is 9.10. The SMILES string of the molecule is CCNCc1cc(COc2cc(Br)ccc2Cl)oc1C. The first kappa shape index (κ1) is 15.4. The minimum Gasteiger partial charge on any atom is -0.484 e. The highest BCUT2D eigenvalue weighted by atomic mass is 79.9. The second kappa shape index (κ2) is 7.16.